The molecule has 2 aliphatic rings. The Labute approximate surface area is 164 Å². The topological polar surface area (TPSA) is 66.0 Å². The number of methoxy groups -OCH3 is 2. The zero-order valence-corrected chi connectivity index (χ0v) is 16.6. The second kappa shape index (κ2) is 6.93. The molecule has 4 rings (SSSR count). The molecule has 0 spiro atoms. The Morgan fingerprint density at radius 1 is 1.18 bits per heavy atom. The van der Waals surface area contributed by atoms with Crippen LogP contribution in [0.2, 0.25) is 0 Å². The van der Waals surface area contributed by atoms with Crippen LogP contribution >= 0.6 is 0 Å². The lowest BCUT2D eigenvalue weighted by Crippen LogP contribution is -2.26. The number of rotatable bonds is 4. The van der Waals surface area contributed by atoms with Crippen molar-refractivity contribution >= 4 is 11.6 Å². The van der Waals surface area contributed by atoms with Gasteiger partial charge in [0.15, 0.2) is 11.5 Å². The van der Waals surface area contributed by atoms with Crippen molar-refractivity contribution in [3.05, 3.63) is 41.5 Å². The number of hydrogen-bond donors (Lipinski definition) is 1. The molecular weight excluding hydrogens is 358 g/mol. The molecule has 1 amide bonds. The van der Waals surface area contributed by atoms with E-state index in [0.29, 0.717) is 30.2 Å². The highest BCUT2D eigenvalue weighted by Crippen LogP contribution is 2.44. The van der Waals surface area contributed by atoms with Crippen LogP contribution in [0.15, 0.2) is 30.3 Å². The summed E-state index contributed by atoms with van der Waals surface area (Å²) in [7, 11) is 3.22. The van der Waals surface area contributed by atoms with Gasteiger partial charge in [-0.1, -0.05) is 0 Å². The zero-order chi connectivity index (χ0) is 19.9. The number of benzene rings is 2. The maximum absolute atomic E-state index is 13.1. The smallest absolute Gasteiger partial charge is 0.232 e. The number of ether oxygens (including phenoxy) is 4. The molecule has 0 saturated heterocycles. The lowest BCUT2D eigenvalue weighted by atomic mass is 9.92. The van der Waals surface area contributed by atoms with Crippen molar-refractivity contribution in [1.82, 2.24) is 0 Å². The van der Waals surface area contributed by atoms with Gasteiger partial charge in [-0.25, -0.2) is 0 Å². The third-order valence-corrected chi connectivity index (χ3v) is 5.19. The fraction of sp³-hybridized carbons (Fsp3) is 0.409. The van der Waals surface area contributed by atoms with Gasteiger partial charge in [0.05, 0.1) is 26.7 Å². The molecule has 2 aromatic carbocycles. The van der Waals surface area contributed by atoms with Crippen LogP contribution in [0.1, 0.15) is 37.3 Å². The van der Waals surface area contributed by atoms with E-state index < -0.39 is 0 Å². The molecule has 6 heteroatoms. The molecule has 0 radical (unpaired) electrons. The molecule has 1 N–H and O–H groups in total. The molecule has 2 heterocycles. The van der Waals surface area contributed by atoms with E-state index in [0.717, 1.165) is 29.0 Å². The van der Waals surface area contributed by atoms with Gasteiger partial charge in [0, 0.05) is 29.3 Å². The van der Waals surface area contributed by atoms with Gasteiger partial charge in [-0.2, -0.15) is 0 Å². The van der Waals surface area contributed by atoms with Crippen LogP contribution in [0.4, 0.5) is 5.69 Å². The number of carbonyl (C=O) groups is 1. The minimum Gasteiger partial charge on any atom is -0.497 e. The largest absolute Gasteiger partial charge is 0.497 e. The van der Waals surface area contributed by atoms with E-state index in [2.05, 4.69) is 5.32 Å². The molecule has 6 nitrogen and oxygen atoms in total. The molecule has 0 aliphatic carbocycles. The summed E-state index contributed by atoms with van der Waals surface area (Å²) in [6.07, 6.45) is 1.38. The number of fused-ring (bicyclic) bond motifs is 2. The van der Waals surface area contributed by atoms with Crippen LogP contribution in [0, 0.1) is 0 Å². The molecule has 0 aromatic heterocycles. The molecule has 1 atom stereocenters. The van der Waals surface area contributed by atoms with Crippen molar-refractivity contribution in [2.24, 2.45) is 0 Å². The molecule has 28 heavy (non-hydrogen) atoms. The van der Waals surface area contributed by atoms with Gasteiger partial charge in [0.25, 0.3) is 0 Å². The molecule has 148 valence electrons. The highest BCUT2D eigenvalue weighted by atomic mass is 16.5. The van der Waals surface area contributed by atoms with E-state index >= 15 is 0 Å². The summed E-state index contributed by atoms with van der Waals surface area (Å²) in [4.78, 5) is 13.1. The van der Waals surface area contributed by atoms with Crippen molar-refractivity contribution < 1.29 is 23.7 Å². The molecule has 0 saturated carbocycles. The summed E-state index contributed by atoms with van der Waals surface area (Å²) in [6, 6.07) is 9.34. The van der Waals surface area contributed by atoms with E-state index in [9.17, 15) is 4.79 Å². The third-order valence-electron chi connectivity index (χ3n) is 5.19. The van der Waals surface area contributed by atoms with E-state index in [4.69, 9.17) is 18.9 Å². The van der Waals surface area contributed by atoms with Crippen LogP contribution in [0.5, 0.6) is 23.0 Å². The van der Waals surface area contributed by atoms with Gasteiger partial charge in [-0.3, -0.25) is 4.79 Å². The molecular formula is C22H25NO5. The summed E-state index contributed by atoms with van der Waals surface area (Å²) >= 11 is 0. The summed E-state index contributed by atoms with van der Waals surface area (Å²) < 4.78 is 22.5. The quantitative estimate of drug-likeness (QED) is 0.867. The highest BCUT2D eigenvalue weighted by Gasteiger charge is 2.34. The average molecular weight is 383 g/mol. The van der Waals surface area contributed by atoms with E-state index in [1.807, 2.05) is 44.2 Å². The number of carbonyl (C=O) groups excluding carboxylic acids is 1. The Morgan fingerprint density at radius 2 is 2.00 bits per heavy atom. The monoisotopic (exact) mass is 383 g/mol. The fourth-order valence-corrected chi connectivity index (χ4v) is 3.90. The van der Waals surface area contributed by atoms with Gasteiger partial charge >= 0.3 is 0 Å². The van der Waals surface area contributed by atoms with Gasteiger partial charge in [0.1, 0.15) is 17.1 Å². The maximum atomic E-state index is 13.1. The summed E-state index contributed by atoms with van der Waals surface area (Å²) in [6.45, 7) is 4.58. The lowest BCUT2D eigenvalue weighted by Gasteiger charge is -2.25. The fourth-order valence-electron chi connectivity index (χ4n) is 3.90. The molecule has 0 fully saturated rings. The van der Waals surface area contributed by atoms with Crippen LogP contribution in [0.3, 0.4) is 0 Å². The second-order valence-electron chi connectivity index (χ2n) is 7.79. The molecule has 0 bridgehead atoms. The Hall–Kier alpha value is -2.89. The predicted molar refractivity (Wildman–Crippen MR) is 106 cm³/mol. The first kappa shape index (κ1) is 18.5. The standard InChI is InChI=1S/C22H25NO5/c1-22(2)12-13-9-14(10-19(26-4)20(13)28-22)23-21(24)16-7-8-27-18-6-5-15(25-3)11-17(16)18/h5-6,9-11,16H,7-8,12H2,1-4H3,(H,23,24). The summed E-state index contributed by atoms with van der Waals surface area (Å²) in [5.41, 5.74) is 2.31. The van der Waals surface area contributed by atoms with E-state index in [-0.39, 0.29) is 17.4 Å². The molecule has 1 unspecified atom stereocenters. The Bertz CT molecular complexity index is 921. The van der Waals surface area contributed by atoms with Crippen molar-refractivity contribution in [1.29, 1.82) is 0 Å². The number of hydrogen-bond acceptors (Lipinski definition) is 5. The average Bonchev–Trinajstić information content (AvgIpc) is 3.00. The van der Waals surface area contributed by atoms with Crippen LogP contribution in [-0.4, -0.2) is 32.3 Å². The number of nitrogens with one attached hydrogen (secondary N) is 1. The maximum Gasteiger partial charge on any atom is 0.232 e. The van der Waals surface area contributed by atoms with Gasteiger partial charge in [-0.15, -0.1) is 0 Å². The minimum absolute atomic E-state index is 0.0713. The molecule has 2 aliphatic heterocycles. The van der Waals surface area contributed by atoms with Crippen LogP contribution in [-0.2, 0) is 11.2 Å². The van der Waals surface area contributed by atoms with E-state index in [1.165, 1.54) is 0 Å². The molecule has 2 aromatic rings. The Balaban J connectivity index is 1.61. The zero-order valence-electron chi connectivity index (χ0n) is 16.6. The highest BCUT2D eigenvalue weighted by molar-refractivity contribution is 5.97. The first-order chi connectivity index (χ1) is 13.4. The Morgan fingerprint density at radius 3 is 2.75 bits per heavy atom. The van der Waals surface area contributed by atoms with E-state index in [1.54, 1.807) is 14.2 Å². The number of amides is 1. The normalized spacial score (nSPS) is 18.9. The first-order valence-electron chi connectivity index (χ1n) is 9.42. The van der Waals surface area contributed by atoms with Crippen molar-refractivity contribution in [3.63, 3.8) is 0 Å². The van der Waals surface area contributed by atoms with Crippen LogP contribution < -0.4 is 24.3 Å². The van der Waals surface area contributed by atoms with Crippen LogP contribution in [0.25, 0.3) is 0 Å². The van der Waals surface area contributed by atoms with Crippen molar-refractivity contribution in [2.45, 2.75) is 38.2 Å². The predicted octanol–water partition coefficient (Wildman–Crippen LogP) is 3.92. The first-order valence-corrected chi connectivity index (χ1v) is 9.42. The SMILES string of the molecule is COc1ccc2c(c1)C(C(=O)Nc1cc3c(c(OC)c1)OC(C)(C)C3)CCO2. The van der Waals surface area contributed by atoms with Crippen molar-refractivity contribution in [3.8, 4) is 23.0 Å². The Kier molecular flexibility index (Phi) is 4.57. The van der Waals surface area contributed by atoms with Gasteiger partial charge in [0.2, 0.25) is 5.91 Å². The summed E-state index contributed by atoms with van der Waals surface area (Å²) in [5, 5.41) is 3.05. The van der Waals surface area contributed by atoms with Gasteiger partial charge in [-0.05, 0) is 44.5 Å². The lowest BCUT2D eigenvalue weighted by molar-refractivity contribution is -0.118. The van der Waals surface area contributed by atoms with Gasteiger partial charge < -0.3 is 24.3 Å². The minimum atomic E-state index is -0.300. The number of anilines is 1. The summed E-state index contributed by atoms with van der Waals surface area (Å²) in [5.74, 6) is 2.46. The van der Waals surface area contributed by atoms with Crippen molar-refractivity contribution in [2.75, 3.05) is 26.1 Å². The third kappa shape index (κ3) is 3.35. The second-order valence-corrected chi connectivity index (χ2v) is 7.79.